The number of carbonyl (C=O) groups is 1. The second kappa shape index (κ2) is 6.64. The Morgan fingerprint density at radius 2 is 2.00 bits per heavy atom. The van der Waals surface area contributed by atoms with Crippen molar-refractivity contribution < 1.29 is 13.6 Å². The van der Waals surface area contributed by atoms with Crippen LogP contribution in [0, 0.1) is 11.8 Å². The van der Waals surface area contributed by atoms with Crippen molar-refractivity contribution in [2.24, 2.45) is 11.8 Å². The van der Waals surface area contributed by atoms with Crippen LogP contribution in [0.15, 0.2) is 0 Å². The van der Waals surface area contributed by atoms with Crippen LogP contribution in [-0.2, 0) is 4.79 Å². The number of rotatable bonds is 5. The van der Waals surface area contributed by atoms with E-state index in [4.69, 9.17) is 0 Å². The highest BCUT2D eigenvalue weighted by atomic mass is 19.3. The first-order valence-electron chi connectivity index (χ1n) is 7.13. The lowest BCUT2D eigenvalue weighted by Gasteiger charge is -2.39. The number of alkyl halides is 2. The summed E-state index contributed by atoms with van der Waals surface area (Å²) >= 11 is 0. The Kier molecular flexibility index (Phi) is 5.71. The summed E-state index contributed by atoms with van der Waals surface area (Å²) in [5.41, 5.74) is 0. The van der Waals surface area contributed by atoms with Crippen molar-refractivity contribution in [1.82, 2.24) is 10.2 Å². The van der Waals surface area contributed by atoms with Crippen LogP contribution in [0.1, 0.15) is 40.5 Å². The van der Waals surface area contributed by atoms with Gasteiger partial charge in [-0.2, -0.15) is 0 Å². The Balaban J connectivity index is 2.50. The first kappa shape index (κ1) is 16.3. The highest BCUT2D eigenvalue weighted by Crippen LogP contribution is 2.28. The Morgan fingerprint density at radius 1 is 1.37 bits per heavy atom. The summed E-state index contributed by atoms with van der Waals surface area (Å²) < 4.78 is 28.0. The van der Waals surface area contributed by atoms with Gasteiger partial charge < -0.3 is 5.32 Å². The van der Waals surface area contributed by atoms with Crippen LogP contribution >= 0.6 is 0 Å². The molecule has 1 N–H and O–H groups in total. The van der Waals surface area contributed by atoms with E-state index in [1.165, 1.54) is 0 Å². The fraction of sp³-hybridized carbons (Fsp3) is 0.929. The molecule has 1 amide bonds. The van der Waals surface area contributed by atoms with E-state index in [-0.39, 0.29) is 18.4 Å². The van der Waals surface area contributed by atoms with Gasteiger partial charge in [-0.1, -0.05) is 27.7 Å². The zero-order chi connectivity index (χ0) is 14.6. The fourth-order valence-corrected chi connectivity index (χ4v) is 2.16. The van der Waals surface area contributed by atoms with E-state index in [1.54, 1.807) is 18.7 Å². The van der Waals surface area contributed by atoms with Crippen molar-refractivity contribution >= 4 is 5.91 Å². The lowest BCUT2D eigenvalue weighted by atomic mass is 9.99. The van der Waals surface area contributed by atoms with Crippen LogP contribution in [0.4, 0.5) is 8.78 Å². The minimum Gasteiger partial charge on any atom is -0.347 e. The molecule has 5 heteroatoms. The first-order valence-corrected chi connectivity index (χ1v) is 7.13. The molecule has 19 heavy (non-hydrogen) atoms. The largest absolute Gasteiger partial charge is 0.347 e. The standard InChI is InChI=1S/C14H26F2N2O/c1-10(2)5-7-18-8-6-12(14(15,16)9-18)17-13(19)11(3)4/h10-12H,5-9H2,1-4H3,(H,17,19)/t12-/m1/s1. The SMILES string of the molecule is CC(C)CCN1CC[C@@H](NC(=O)C(C)C)C(F)(F)C1. The van der Waals surface area contributed by atoms with E-state index in [0.29, 0.717) is 25.4 Å². The predicted octanol–water partition coefficient (Wildman–Crippen LogP) is 2.51. The second-order valence-corrected chi connectivity index (χ2v) is 6.22. The molecule has 1 saturated heterocycles. The maximum Gasteiger partial charge on any atom is 0.280 e. The van der Waals surface area contributed by atoms with E-state index in [0.717, 1.165) is 6.42 Å². The molecule has 1 fully saturated rings. The van der Waals surface area contributed by atoms with Crippen molar-refractivity contribution in [3.8, 4) is 0 Å². The molecule has 0 saturated carbocycles. The zero-order valence-corrected chi connectivity index (χ0v) is 12.4. The molecule has 1 atom stereocenters. The smallest absolute Gasteiger partial charge is 0.280 e. The normalized spacial score (nSPS) is 23.9. The minimum atomic E-state index is -2.83. The molecule has 1 aliphatic heterocycles. The minimum absolute atomic E-state index is 0.247. The third-order valence-corrected chi connectivity index (χ3v) is 3.54. The topological polar surface area (TPSA) is 32.3 Å². The number of amides is 1. The Hall–Kier alpha value is -0.710. The Bertz CT molecular complexity index is 306. The van der Waals surface area contributed by atoms with Crippen LogP contribution in [0.3, 0.4) is 0 Å². The molecule has 0 aromatic rings. The van der Waals surface area contributed by atoms with E-state index in [2.05, 4.69) is 19.2 Å². The van der Waals surface area contributed by atoms with Gasteiger partial charge in [0.2, 0.25) is 5.91 Å². The molecule has 0 radical (unpaired) electrons. The third-order valence-electron chi connectivity index (χ3n) is 3.54. The van der Waals surface area contributed by atoms with E-state index >= 15 is 0 Å². The molecular formula is C14H26F2N2O. The van der Waals surface area contributed by atoms with Gasteiger partial charge in [-0.05, 0) is 25.3 Å². The molecular weight excluding hydrogens is 250 g/mol. The average Bonchev–Trinajstić information content (AvgIpc) is 2.28. The predicted molar refractivity (Wildman–Crippen MR) is 72.2 cm³/mol. The van der Waals surface area contributed by atoms with Crippen molar-refractivity contribution in [1.29, 1.82) is 0 Å². The lowest BCUT2D eigenvalue weighted by Crippen LogP contribution is -2.58. The van der Waals surface area contributed by atoms with Gasteiger partial charge in [-0.3, -0.25) is 9.69 Å². The van der Waals surface area contributed by atoms with E-state index in [1.807, 2.05) is 0 Å². The molecule has 0 aromatic heterocycles. The maximum absolute atomic E-state index is 14.0. The summed E-state index contributed by atoms with van der Waals surface area (Å²) in [5.74, 6) is -2.86. The van der Waals surface area contributed by atoms with Crippen LogP contribution in [-0.4, -0.2) is 42.4 Å². The number of likely N-dealkylation sites (tertiary alicyclic amines) is 1. The summed E-state index contributed by atoms with van der Waals surface area (Å²) in [6.45, 7) is 8.70. The molecule has 1 aliphatic rings. The van der Waals surface area contributed by atoms with E-state index in [9.17, 15) is 13.6 Å². The van der Waals surface area contributed by atoms with Gasteiger partial charge in [0.1, 0.15) is 0 Å². The Labute approximate surface area is 114 Å². The van der Waals surface area contributed by atoms with Gasteiger partial charge >= 0.3 is 0 Å². The first-order chi connectivity index (χ1) is 8.72. The van der Waals surface area contributed by atoms with Crippen LogP contribution in [0.5, 0.6) is 0 Å². The second-order valence-electron chi connectivity index (χ2n) is 6.22. The summed E-state index contributed by atoms with van der Waals surface area (Å²) in [5, 5.41) is 2.48. The number of nitrogens with one attached hydrogen (secondary N) is 1. The summed E-state index contributed by atoms with van der Waals surface area (Å²) in [6.07, 6.45) is 1.25. The molecule has 0 aromatic carbocycles. The van der Waals surface area contributed by atoms with Crippen LogP contribution < -0.4 is 5.32 Å². The summed E-state index contributed by atoms with van der Waals surface area (Å²) in [4.78, 5) is 13.3. The van der Waals surface area contributed by atoms with Gasteiger partial charge in [0.25, 0.3) is 5.92 Å². The monoisotopic (exact) mass is 276 g/mol. The van der Waals surface area contributed by atoms with Gasteiger partial charge in [0, 0.05) is 12.5 Å². The van der Waals surface area contributed by atoms with Gasteiger partial charge in [-0.25, -0.2) is 8.78 Å². The van der Waals surface area contributed by atoms with Gasteiger partial charge in [0.05, 0.1) is 12.6 Å². The Morgan fingerprint density at radius 3 is 2.47 bits per heavy atom. The molecule has 3 nitrogen and oxygen atoms in total. The third kappa shape index (κ3) is 5.05. The van der Waals surface area contributed by atoms with Gasteiger partial charge in [0.15, 0.2) is 0 Å². The zero-order valence-electron chi connectivity index (χ0n) is 12.4. The average molecular weight is 276 g/mol. The van der Waals surface area contributed by atoms with Crippen molar-refractivity contribution in [3.05, 3.63) is 0 Å². The number of hydrogen-bond acceptors (Lipinski definition) is 2. The number of piperidine rings is 1. The number of carbonyl (C=O) groups excluding carboxylic acids is 1. The molecule has 0 aliphatic carbocycles. The van der Waals surface area contributed by atoms with E-state index < -0.39 is 12.0 Å². The van der Waals surface area contributed by atoms with Crippen molar-refractivity contribution in [3.63, 3.8) is 0 Å². The summed E-state index contributed by atoms with van der Waals surface area (Å²) in [6, 6.07) is -1.02. The molecule has 0 spiro atoms. The van der Waals surface area contributed by atoms with Crippen molar-refractivity contribution in [2.75, 3.05) is 19.6 Å². The molecule has 1 heterocycles. The number of halogens is 2. The summed E-state index contributed by atoms with van der Waals surface area (Å²) in [7, 11) is 0. The fourth-order valence-electron chi connectivity index (χ4n) is 2.16. The molecule has 0 bridgehead atoms. The maximum atomic E-state index is 14.0. The van der Waals surface area contributed by atoms with Gasteiger partial charge in [-0.15, -0.1) is 0 Å². The lowest BCUT2D eigenvalue weighted by molar-refractivity contribution is -0.133. The highest BCUT2D eigenvalue weighted by Gasteiger charge is 2.45. The van der Waals surface area contributed by atoms with Crippen molar-refractivity contribution in [2.45, 2.75) is 52.5 Å². The number of hydrogen-bond donors (Lipinski definition) is 1. The molecule has 112 valence electrons. The van der Waals surface area contributed by atoms with Crippen LogP contribution in [0.2, 0.25) is 0 Å². The quantitative estimate of drug-likeness (QED) is 0.837. The molecule has 1 rings (SSSR count). The highest BCUT2D eigenvalue weighted by molar-refractivity contribution is 5.78. The molecule has 0 unspecified atom stereocenters. The number of nitrogens with zero attached hydrogens (tertiary/aromatic N) is 1. The van der Waals surface area contributed by atoms with Crippen LogP contribution in [0.25, 0.3) is 0 Å².